The number of aromatic nitrogens is 1. The van der Waals surface area contributed by atoms with Crippen molar-refractivity contribution < 1.29 is 19.4 Å². The van der Waals surface area contributed by atoms with Crippen molar-refractivity contribution >= 4 is 22.7 Å². The molecule has 1 aromatic heterocycles. The quantitative estimate of drug-likeness (QED) is 0.908. The second kappa shape index (κ2) is 4.37. The number of benzene rings is 1. The summed E-state index contributed by atoms with van der Waals surface area (Å²) in [5, 5.41) is 9.99. The third-order valence-corrected chi connectivity index (χ3v) is 4.03. The summed E-state index contributed by atoms with van der Waals surface area (Å²) >= 11 is 0. The Morgan fingerprint density at radius 1 is 1.40 bits per heavy atom. The highest BCUT2D eigenvalue weighted by atomic mass is 16.5. The molecule has 0 amide bonds. The van der Waals surface area contributed by atoms with Crippen molar-refractivity contribution in [2.75, 3.05) is 7.11 Å². The molecule has 1 N–H and O–H groups in total. The lowest BCUT2D eigenvalue weighted by molar-refractivity contribution is -0.141. The van der Waals surface area contributed by atoms with E-state index in [0.717, 1.165) is 16.6 Å². The molecule has 5 nitrogen and oxygen atoms in total. The predicted molar refractivity (Wildman–Crippen MR) is 73.2 cm³/mol. The van der Waals surface area contributed by atoms with Crippen molar-refractivity contribution in [1.82, 2.24) is 4.57 Å². The largest absolute Gasteiger partial charge is 0.497 e. The van der Waals surface area contributed by atoms with E-state index in [1.54, 1.807) is 7.11 Å². The van der Waals surface area contributed by atoms with Gasteiger partial charge in [-0.05, 0) is 18.2 Å². The van der Waals surface area contributed by atoms with Crippen LogP contribution in [0.15, 0.2) is 18.2 Å². The van der Waals surface area contributed by atoms with Crippen molar-refractivity contribution in [2.45, 2.75) is 12.8 Å². The van der Waals surface area contributed by atoms with Gasteiger partial charge in [-0.2, -0.15) is 0 Å². The molecule has 1 unspecified atom stereocenters. The summed E-state index contributed by atoms with van der Waals surface area (Å²) in [6.07, 6.45) is 0.461. The van der Waals surface area contributed by atoms with E-state index in [1.165, 1.54) is 0 Å². The lowest BCUT2D eigenvalue weighted by Crippen LogP contribution is -2.27. The number of hydrogen-bond donors (Lipinski definition) is 1. The molecule has 1 aliphatic rings. The van der Waals surface area contributed by atoms with Crippen molar-refractivity contribution in [2.24, 2.45) is 13.0 Å². The summed E-state index contributed by atoms with van der Waals surface area (Å²) in [4.78, 5) is 23.5. The van der Waals surface area contributed by atoms with Crippen LogP contribution in [0, 0.1) is 5.92 Å². The van der Waals surface area contributed by atoms with Crippen molar-refractivity contribution in [3.63, 3.8) is 0 Å². The van der Waals surface area contributed by atoms with Gasteiger partial charge >= 0.3 is 5.97 Å². The third-order valence-electron chi connectivity index (χ3n) is 4.03. The second-order valence-corrected chi connectivity index (χ2v) is 5.13. The Labute approximate surface area is 115 Å². The highest BCUT2D eigenvalue weighted by Crippen LogP contribution is 2.35. The average molecular weight is 273 g/mol. The number of rotatable bonds is 2. The van der Waals surface area contributed by atoms with Gasteiger partial charge in [-0.3, -0.25) is 9.59 Å². The predicted octanol–water partition coefficient (Wildman–Crippen LogP) is 2.02. The maximum atomic E-state index is 12.3. The van der Waals surface area contributed by atoms with Crippen molar-refractivity contribution in [1.29, 1.82) is 0 Å². The number of carboxylic acids is 1. The van der Waals surface area contributed by atoms with E-state index in [-0.39, 0.29) is 12.2 Å². The van der Waals surface area contributed by atoms with E-state index in [0.29, 0.717) is 17.7 Å². The Bertz CT molecular complexity index is 729. The van der Waals surface area contributed by atoms with Crippen LogP contribution >= 0.6 is 0 Å². The molecule has 104 valence electrons. The average Bonchev–Trinajstić information content (AvgIpc) is 2.72. The number of carbonyl (C=O) groups excluding carboxylic acids is 1. The maximum absolute atomic E-state index is 12.3. The Hall–Kier alpha value is -2.30. The molecule has 1 heterocycles. The van der Waals surface area contributed by atoms with Gasteiger partial charge in [0.2, 0.25) is 0 Å². The van der Waals surface area contributed by atoms with Crippen LogP contribution < -0.4 is 4.74 Å². The Kier molecular flexibility index (Phi) is 2.78. The normalized spacial score (nSPS) is 18.1. The number of ether oxygens (including phenoxy) is 1. The molecule has 1 aromatic carbocycles. The first-order valence-electron chi connectivity index (χ1n) is 6.44. The molecule has 0 radical (unpaired) electrons. The fourth-order valence-corrected chi connectivity index (χ4v) is 2.96. The number of Topliss-reactive ketones (excluding diaryl/α,β-unsaturated/α-hetero) is 1. The van der Waals surface area contributed by atoms with Crippen LogP contribution in [0.25, 0.3) is 10.9 Å². The van der Waals surface area contributed by atoms with Gasteiger partial charge in [-0.15, -0.1) is 0 Å². The molecule has 0 saturated carbocycles. The molecule has 0 bridgehead atoms. The molecule has 0 fully saturated rings. The summed E-state index contributed by atoms with van der Waals surface area (Å²) in [5.74, 6) is -0.941. The minimum absolute atomic E-state index is 0.0681. The van der Waals surface area contributed by atoms with Crippen molar-refractivity contribution in [3.05, 3.63) is 29.5 Å². The maximum Gasteiger partial charge on any atom is 0.307 e. The summed E-state index contributed by atoms with van der Waals surface area (Å²) in [7, 11) is 3.45. The molecular weight excluding hydrogens is 258 g/mol. The third kappa shape index (κ3) is 1.70. The van der Waals surface area contributed by atoms with E-state index in [9.17, 15) is 9.59 Å². The molecule has 1 atom stereocenters. The number of carbonyl (C=O) groups is 2. The topological polar surface area (TPSA) is 68.5 Å². The molecule has 20 heavy (non-hydrogen) atoms. The van der Waals surface area contributed by atoms with E-state index < -0.39 is 11.9 Å². The number of methoxy groups -OCH3 is 1. The first-order chi connectivity index (χ1) is 9.52. The summed E-state index contributed by atoms with van der Waals surface area (Å²) in [6.45, 7) is 0. The van der Waals surface area contributed by atoms with Crippen LogP contribution in [-0.4, -0.2) is 28.5 Å². The zero-order valence-corrected chi connectivity index (χ0v) is 11.3. The smallest absolute Gasteiger partial charge is 0.307 e. The van der Waals surface area contributed by atoms with Crippen molar-refractivity contribution in [3.8, 4) is 5.75 Å². The summed E-state index contributed by atoms with van der Waals surface area (Å²) < 4.78 is 7.12. The Balaban J connectivity index is 2.25. The molecule has 1 aliphatic carbocycles. The van der Waals surface area contributed by atoms with Crippen LogP contribution in [0.4, 0.5) is 0 Å². The first-order valence-corrected chi connectivity index (χ1v) is 6.44. The lowest BCUT2D eigenvalue weighted by atomic mass is 9.86. The molecule has 3 rings (SSSR count). The standard InChI is InChI=1S/C15H15NO4/c1-16-11-4-3-9(20-2)7-10(11)14-12(16)5-8(15(18)19)6-13(14)17/h3-4,7-8H,5-6H2,1-2H3,(H,18,19). The fourth-order valence-electron chi connectivity index (χ4n) is 2.96. The van der Waals surface area contributed by atoms with E-state index in [1.807, 2.05) is 29.8 Å². The number of fused-ring (bicyclic) bond motifs is 3. The number of ketones is 1. The van der Waals surface area contributed by atoms with E-state index >= 15 is 0 Å². The van der Waals surface area contributed by atoms with Gasteiger partial charge in [0.05, 0.1) is 13.0 Å². The minimum atomic E-state index is -0.910. The molecule has 2 aromatic rings. The van der Waals surface area contributed by atoms with Gasteiger partial charge in [-0.1, -0.05) is 0 Å². The molecule has 0 saturated heterocycles. The van der Waals surface area contributed by atoms with Gasteiger partial charge in [0.15, 0.2) is 5.78 Å². The van der Waals surface area contributed by atoms with Gasteiger partial charge in [0, 0.05) is 42.0 Å². The Morgan fingerprint density at radius 3 is 2.80 bits per heavy atom. The van der Waals surface area contributed by atoms with E-state index in [2.05, 4.69) is 0 Å². The van der Waals surface area contributed by atoms with Gasteiger partial charge in [0.25, 0.3) is 0 Å². The first kappa shape index (κ1) is 12.7. The van der Waals surface area contributed by atoms with Crippen LogP contribution in [0.1, 0.15) is 22.5 Å². The second-order valence-electron chi connectivity index (χ2n) is 5.13. The summed E-state index contributed by atoms with van der Waals surface area (Å²) in [6, 6.07) is 5.58. The SMILES string of the molecule is COc1ccc2c(c1)c1c(n2C)CC(C(=O)O)CC1=O. The number of aryl methyl sites for hydroxylation is 1. The van der Waals surface area contributed by atoms with Gasteiger partial charge < -0.3 is 14.4 Å². The zero-order chi connectivity index (χ0) is 14.4. The zero-order valence-electron chi connectivity index (χ0n) is 11.3. The number of aliphatic carboxylic acids is 1. The highest BCUT2D eigenvalue weighted by molar-refractivity contribution is 6.11. The molecule has 0 aliphatic heterocycles. The van der Waals surface area contributed by atoms with Crippen LogP contribution in [0.3, 0.4) is 0 Å². The molecule has 5 heteroatoms. The number of hydrogen-bond acceptors (Lipinski definition) is 3. The van der Waals surface area contributed by atoms with Gasteiger partial charge in [-0.25, -0.2) is 0 Å². The van der Waals surface area contributed by atoms with Crippen LogP contribution in [0.5, 0.6) is 5.75 Å². The fraction of sp³-hybridized carbons (Fsp3) is 0.333. The number of nitrogens with zero attached hydrogens (tertiary/aromatic N) is 1. The monoisotopic (exact) mass is 273 g/mol. The van der Waals surface area contributed by atoms with Crippen LogP contribution in [-0.2, 0) is 18.3 Å². The molecular formula is C15H15NO4. The highest BCUT2D eigenvalue weighted by Gasteiger charge is 2.33. The summed E-state index contributed by atoms with van der Waals surface area (Å²) in [5.41, 5.74) is 2.38. The number of carboxylic acid groups (broad SMARTS) is 1. The van der Waals surface area contributed by atoms with E-state index in [4.69, 9.17) is 9.84 Å². The molecule has 0 spiro atoms. The lowest BCUT2D eigenvalue weighted by Gasteiger charge is -2.19. The van der Waals surface area contributed by atoms with Crippen LogP contribution in [0.2, 0.25) is 0 Å². The van der Waals surface area contributed by atoms with Gasteiger partial charge in [0.1, 0.15) is 5.75 Å². The minimum Gasteiger partial charge on any atom is -0.497 e. The Morgan fingerprint density at radius 2 is 2.15 bits per heavy atom.